The van der Waals surface area contributed by atoms with Crippen LogP contribution in [0.2, 0.25) is 0 Å². The molecule has 1 atom stereocenters. The molecule has 2 nitrogen and oxygen atoms in total. The highest BCUT2D eigenvalue weighted by Crippen LogP contribution is 2.62. The third-order valence-corrected chi connectivity index (χ3v) is 3.52. The van der Waals surface area contributed by atoms with Crippen LogP contribution in [0.15, 0.2) is 12.7 Å². The molecule has 0 aromatic rings. The van der Waals surface area contributed by atoms with Crippen molar-refractivity contribution in [3.8, 4) is 0 Å². The predicted octanol–water partition coefficient (Wildman–Crippen LogP) is 5.52. The van der Waals surface area contributed by atoms with E-state index in [0.717, 1.165) is 0 Å². The summed E-state index contributed by atoms with van der Waals surface area (Å²) >= 11 is 0. The number of ether oxygens (including phenoxy) is 1. The molecule has 0 fully saturated rings. The van der Waals surface area contributed by atoms with Gasteiger partial charge in [0.1, 0.15) is 0 Å². The number of hydrogen-bond acceptors (Lipinski definition) is 2. The first-order valence-corrected chi connectivity index (χ1v) is 6.98. The third-order valence-electron chi connectivity index (χ3n) is 3.52. The zero-order valence-electron chi connectivity index (χ0n) is 14.1. The lowest BCUT2D eigenvalue weighted by atomic mass is 9.88. The van der Waals surface area contributed by atoms with Crippen molar-refractivity contribution in [2.24, 2.45) is 0 Å². The molecule has 0 N–H and O–H groups in total. The molecule has 1 unspecified atom stereocenters. The highest BCUT2D eigenvalue weighted by atomic mass is 19.4. The van der Waals surface area contributed by atoms with Gasteiger partial charge in [0, 0.05) is 6.08 Å². The van der Waals surface area contributed by atoms with Crippen LogP contribution in [0.3, 0.4) is 0 Å². The van der Waals surface area contributed by atoms with Gasteiger partial charge in [-0.05, 0) is 6.92 Å². The maximum Gasteiger partial charge on any atom is 0.384 e. The van der Waals surface area contributed by atoms with E-state index in [4.69, 9.17) is 0 Å². The van der Waals surface area contributed by atoms with E-state index in [-0.39, 0.29) is 6.08 Å². The molecule has 30 heavy (non-hydrogen) atoms. The summed E-state index contributed by atoms with van der Waals surface area (Å²) in [6.07, 6.45) is -4.40. The van der Waals surface area contributed by atoms with Gasteiger partial charge in [-0.2, -0.15) is 61.5 Å². The summed E-state index contributed by atoms with van der Waals surface area (Å²) in [6.45, 7) is -1.19. The van der Waals surface area contributed by atoms with Gasteiger partial charge in [-0.25, -0.2) is 9.18 Å². The Morgan fingerprint density at radius 2 is 1.10 bits per heavy atom. The summed E-state index contributed by atoms with van der Waals surface area (Å²) < 4.78 is 201. The van der Waals surface area contributed by atoms with Crippen molar-refractivity contribution in [1.29, 1.82) is 0 Å². The fourth-order valence-corrected chi connectivity index (χ4v) is 1.59. The topological polar surface area (TPSA) is 26.3 Å². The predicted molar refractivity (Wildman–Crippen MR) is 66.4 cm³/mol. The summed E-state index contributed by atoms with van der Waals surface area (Å²) in [5.74, 6) is -55.5. The van der Waals surface area contributed by atoms with Crippen LogP contribution < -0.4 is 0 Å². The normalized spacial score (nSPS) is 16.3. The Hall–Kier alpha value is -1.84. The Balaban J connectivity index is 6.45. The van der Waals surface area contributed by atoms with Gasteiger partial charge in [0.05, 0.1) is 0 Å². The average Bonchev–Trinajstić information content (AvgIpc) is 2.58. The van der Waals surface area contributed by atoms with Crippen LogP contribution in [0.1, 0.15) is 6.92 Å². The number of halogens is 15. The molecule has 0 amide bonds. The molecule has 0 aromatic heterocycles. The number of rotatable bonds is 10. The largest absolute Gasteiger partial charge is 0.456 e. The van der Waals surface area contributed by atoms with Gasteiger partial charge in [-0.1, -0.05) is 6.58 Å². The molecule has 0 saturated heterocycles. The first-order valence-electron chi connectivity index (χ1n) is 6.98. The van der Waals surface area contributed by atoms with Crippen LogP contribution in [0.4, 0.5) is 65.9 Å². The first kappa shape index (κ1) is 28.2. The fraction of sp³-hybridized carbons (Fsp3) is 0.769. The van der Waals surface area contributed by atoms with E-state index in [1.165, 1.54) is 0 Å². The van der Waals surface area contributed by atoms with E-state index in [0.29, 0.717) is 0 Å². The highest BCUT2D eigenvalue weighted by molar-refractivity contribution is 5.81. The Kier molecular flexibility index (Phi) is 7.22. The Morgan fingerprint density at radius 1 is 0.767 bits per heavy atom. The van der Waals surface area contributed by atoms with Crippen molar-refractivity contribution in [2.45, 2.75) is 54.6 Å². The average molecular weight is 482 g/mol. The third kappa shape index (κ3) is 3.78. The summed E-state index contributed by atoms with van der Waals surface area (Å²) in [6, 6.07) is 0. The van der Waals surface area contributed by atoms with Crippen LogP contribution in [-0.4, -0.2) is 60.2 Å². The van der Waals surface area contributed by atoms with Gasteiger partial charge in [0.2, 0.25) is 0 Å². The quantitative estimate of drug-likeness (QED) is 0.233. The van der Waals surface area contributed by atoms with Crippen LogP contribution in [0.25, 0.3) is 0 Å². The second kappa shape index (κ2) is 7.69. The van der Waals surface area contributed by atoms with Crippen LogP contribution in [0.5, 0.6) is 0 Å². The summed E-state index contributed by atoms with van der Waals surface area (Å²) in [4.78, 5) is 10.5. The van der Waals surface area contributed by atoms with E-state index in [2.05, 4.69) is 11.3 Å². The monoisotopic (exact) mass is 482 g/mol. The Labute approximate surface area is 156 Å². The molecule has 0 radical (unpaired) electrons. The number of carbonyl (C=O) groups is 1. The number of carbonyl (C=O) groups excluding carboxylic acids is 1. The number of esters is 1. The maximum absolute atomic E-state index is 13.4. The Morgan fingerprint density at radius 3 is 1.43 bits per heavy atom. The lowest BCUT2D eigenvalue weighted by molar-refractivity contribution is -0.444. The molecular weight excluding hydrogens is 473 g/mol. The molecule has 0 rings (SSSR count). The maximum atomic E-state index is 13.4. The Bertz CT molecular complexity index is 653. The molecule has 0 aliphatic rings. The first-order chi connectivity index (χ1) is 12.9. The van der Waals surface area contributed by atoms with Gasteiger partial charge in [-0.3, -0.25) is 0 Å². The molecule has 0 aromatic carbocycles. The van der Waals surface area contributed by atoms with Crippen molar-refractivity contribution in [3.05, 3.63) is 12.7 Å². The zero-order chi connectivity index (χ0) is 24.8. The fourth-order valence-electron chi connectivity index (χ4n) is 1.59. The lowest BCUT2D eigenvalue weighted by Crippen LogP contribution is -2.74. The minimum Gasteiger partial charge on any atom is -0.456 e. The SMILES string of the molecule is C=CC(=O)OCC(F)(F)C(F)(F)C(F)(F)C(F)(F)C(F)(F)C(F)(F)C(F)(F)C(C)F. The molecule has 0 aliphatic heterocycles. The van der Waals surface area contributed by atoms with Crippen LogP contribution in [0, 0.1) is 0 Å². The van der Waals surface area contributed by atoms with Crippen molar-refractivity contribution < 1.29 is 75.4 Å². The van der Waals surface area contributed by atoms with Gasteiger partial charge < -0.3 is 4.74 Å². The van der Waals surface area contributed by atoms with E-state index in [1.54, 1.807) is 0 Å². The molecule has 0 spiro atoms. The molecule has 178 valence electrons. The summed E-state index contributed by atoms with van der Waals surface area (Å²) in [5, 5.41) is 0. The van der Waals surface area contributed by atoms with E-state index >= 15 is 0 Å². The second-order valence-electron chi connectivity index (χ2n) is 5.63. The van der Waals surface area contributed by atoms with Gasteiger partial charge >= 0.3 is 47.4 Å². The second-order valence-corrected chi connectivity index (χ2v) is 5.63. The van der Waals surface area contributed by atoms with Crippen molar-refractivity contribution >= 4 is 5.97 Å². The minimum atomic E-state index is -8.31. The number of hydrogen-bond donors (Lipinski definition) is 0. The molecule has 17 heteroatoms. The zero-order valence-corrected chi connectivity index (χ0v) is 14.1. The smallest absolute Gasteiger partial charge is 0.384 e. The van der Waals surface area contributed by atoms with Crippen molar-refractivity contribution in [1.82, 2.24) is 0 Å². The van der Waals surface area contributed by atoms with E-state index < -0.39 is 67.1 Å². The van der Waals surface area contributed by atoms with Gasteiger partial charge in [0.15, 0.2) is 12.8 Å². The molecule has 0 aliphatic carbocycles. The van der Waals surface area contributed by atoms with Crippen molar-refractivity contribution in [3.63, 3.8) is 0 Å². The molecule has 0 bridgehead atoms. The van der Waals surface area contributed by atoms with E-state index in [1.807, 2.05) is 0 Å². The van der Waals surface area contributed by atoms with Gasteiger partial charge in [0.25, 0.3) is 0 Å². The van der Waals surface area contributed by atoms with Crippen LogP contribution >= 0.6 is 0 Å². The standard InChI is InChI=1S/C13H9F15O2/c1-3-6(29)30-4-7(15,16)9(19,20)11(23,24)13(27,28)12(25,26)10(21,22)8(17,18)5(2)14/h3,5H,1,4H2,2H3. The lowest BCUT2D eigenvalue weighted by Gasteiger charge is -2.42. The highest BCUT2D eigenvalue weighted by Gasteiger charge is 2.93. The summed E-state index contributed by atoms with van der Waals surface area (Å²) in [7, 11) is 0. The van der Waals surface area contributed by atoms with Gasteiger partial charge in [-0.15, -0.1) is 0 Å². The van der Waals surface area contributed by atoms with Crippen molar-refractivity contribution in [2.75, 3.05) is 6.61 Å². The minimum absolute atomic E-state index is 0.00408. The molecule has 0 heterocycles. The number of alkyl halides is 15. The van der Waals surface area contributed by atoms with Crippen LogP contribution in [-0.2, 0) is 9.53 Å². The summed E-state index contributed by atoms with van der Waals surface area (Å²) in [5.41, 5.74) is 0. The molecule has 0 saturated carbocycles. The molecular formula is C13H9F15O2. The van der Waals surface area contributed by atoms with E-state index in [9.17, 15) is 70.7 Å².